The molecular weight excluding hydrogens is 366 g/mol. The van der Waals surface area contributed by atoms with E-state index in [-0.39, 0.29) is 0 Å². The molecule has 3 heteroatoms. The molecule has 154 valence electrons. The van der Waals surface area contributed by atoms with E-state index in [9.17, 15) is 0 Å². The van der Waals surface area contributed by atoms with Crippen LogP contribution in [0.25, 0.3) is 0 Å². The third-order valence-electron chi connectivity index (χ3n) is 5.45. The summed E-state index contributed by atoms with van der Waals surface area (Å²) in [4.78, 5) is 14.8. The number of para-hydroxylation sites is 2. The Morgan fingerprint density at radius 2 is 1.07 bits per heavy atom. The van der Waals surface area contributed by atoms with Gasteiger partial charge in [0.1, 0.15) is 0 Å². The molecule has 0 amide bonds. The van der Waals surface area contributed by atoms with E-state index in [2.05, 4.69) is 64.1 Å². The van der Waals surface area contributed by atoms with Gasteiger partial charge in [-0.25, -0.2) is 4.98 Å². The van der Waals surface area contributed by atoms with Crippen molar-refractivity contribution >= 4 is 22.8 Å². The van der Waals surface area contributed by atoms with Gasteiger partial charge in [-0.1, -0.05) is 56.3 Å². The number of aliphatic imine (C=N–C) groups is 2. The highest BCUT2D eigenvalue weighted by molar-refractivity contribution is 6.02. The summed E-state index contributed by atoms with van der Waals surface area (Å²) in [7, 11) is 0. The van der Waals surface area contributed by atoms with Gasteiger partial charge >= 0.3 is 0 Å². The molecule has 0 aliphatic rings. The summed E-state index contributed by atoms with van der Waals surface area (Å²) in [6, 6.07) is 18.8. The first-order valence-electron chi connectivity index (χ1n) is 10.7. The summed E-state index contributed by atoms with van der Waals surface area (Å²) in [5.74, 6) is 0. The lowest BCUT2D eigenvalue weighted by Crippen LogP contribution is -2.05. The molecule has 0 spiro atoms. The van der Waals surface area contributed by atoms with Crippen molar-refractivity contribution in [1.82, 2.24) is 4.98 Å². The number of aromatic nitrogens is 1. The molecule has 0 fully saturated rings. The molecule has 0 N–H and O–H groups in total. The van der Waals surface area contributed by atoms with Crippen LogP contribution in [0.1, 0.15) is 61.3 Å². The summed E-state index contributed by atoms with van der Waals surface area (Å²) < 4.78 is 0. The van der Waals surface area contributed by atoms with Crippen molar-refractivity contribution in [2.24, 2.45) is 9.98 Å². The van der Waals surface area contributed by atoms with Crippen LogP contribution in [0, 0.1) is 13.8 Å². The molecule has 0 saturated heterocycles. The van der Waals surface area contributed by atoms with Gasteiger partial charge in [0.15, 0.2) is 0 Å². The standard InChI is InChI=1S/C27H31N3/c1-7-22-14-9-12-18(3)26(22)28-20(5)24-16-11-17-25(30-24)21(6)29-27-19(4)13-10-15-23(27)8-2/h9-17H,7-8H2,1-6H3. The van der Waals surface area contributed by atoms with Crippen molar-refractivity contribution in [1.29, 1.82) is 0 Å². The van der Waals surface area contributed by atoms with Gasteiger partial charge in [-0.2, -0.15) is 0 Å². The van der Waals surface area contributed by atoms with Crippen molar-refractivity contribution in [2.45, 2.75) is 54.4 Å². The highest BCUT2D eigenvalue weighted by Gasteiger charge is 2.09. The summed E-state index contributed by atoms with van der Waals surface area (Å²) in [5.41, 5.74) is 10.6. The zero-order valence-corrected chi connectivity index (χ0v) is 19.0. The highest BCUT2D eigenvalue weighted by Crippen LogP contribution is 2.26. The van der Waals surface area contributed by atoms with Crippen molar-refractivity contribution in [3.8, 4) is 0 Å². The van der Waals surface area contributed by atoms with E-state index < -0.39 is 0 Å². The van der Waals surface area contributed by atoms with Gasteiger partial charge < -0.3 is 0 Å². The third-order valence-corrected chi connectivity index (χ3v) is 5.45. The molecule has 3 nitrogen and oxygen atoms in total. The summed E-state index contributed by atoms with van der Waals surface area (Å²) in [6.45, 7) is 12.6. The Balaban J connectivity index is 1.99. The molecule has 0 radical (unpaired) electrons. The van der Waals surface area contributed by atoms with Crippen molar-refractivity contribution in [3.63, 3.8) is 0 Å². The average molecular weight is 398 g/mol. The fourth-order valence-corrected chi connectivity index (χ4v) is 3.62. The molecule has 3 rings (SSSR count). The number of hydrogen-bond donors (Lipinski definition) is 0. The lowest BCUT2D eigenvalue weighted by Gasteiger charge is -2.10. The average Bonchev–Trinajstić information content (AvgIpc) is 2.76. The number of hydrogen-bond acceptors (Lipinski definition) is 3. The van der Waals surface area contributed by atoms with Gasteiger partial charge in [0.25, 0.3) is 0 Å². The number of benzene rings is 2. The lowest BCUT2D eigenvalue weighted by atomic mass is 10.1. The Morgan fingerprint density at radius 3 is 1.47 bits per heavy atom. The molecule has 30 heavy (non-hydrogen) atoms. The van der Waals surface area contributed by atoms with Gasteiger partial charge in [0, 0.05) is 0 Å². The van der Waals surface area contributed by atoms with E-state index in [1.54, 1.807) is 0 Å². The second kappa shape index (κ2) is 9.62. The van der Waals surface area contributed by atoms with E-state index >= 15 is 0 Å². The monoisotopic (exact) mass is 397 g/mol. The van der Waals surface area contributed by atoms with Gasteiger partial charge in [-0.05, 0) is 74.9 Å². The van der Waals surface area contributed by atoms with E-state index in [1.807, 2.05) is 32.0 Å². The van der Waals surface area contributed by atoms with E-state index in [1.165, 1.54) is 22.3 Å². The smallest absolute Gasteiger partial charge is 0.0849 e. The Hall–Kier alpha value is -3.07. The second-order valence-electron chi connectivity index (χ2n) is 7.67. The van der Waals surface area contributed by atoms with Crippen LogP contribution < -0.4 is 0 Å². The van der Waals surface area contributed by atoms with E-state index in [0.717, 1.165) is 47.0 Å². The molecule has 0 atom stereocenters. The fourth-order valence-electron chi connectivity index (χ4n) is 3.62. The van der Waals surface area contributed by atoms with Gasteiger partial charge in [-0.15, -0.1) is 0 Å². The predicted molar refractivity (Wildman–Crippen MR) is 129 cm³/mol. The number of pyridine rings is 1. The van der Waals surface area contributed by atoms with Gasteiger partial charge in [0.05, 0.1) is 34.2 Å². The molecule has 1 aromatic heterocycles. The topological polar surface area (TPSA) is 37.6 Å². The molecule has 0 aliphatic carbocycles. The quantitative estimate of drug-likeness (QED) is 0.409. The Labute approximate surface area is 180 Å². The van der Waals surface area contributed by atoms with Crippen LogP contribution in [0.5, 0.6) is 0 Å². The predicted octanol–water partition coefficient (Wildman–Crippen LogP) is 7.10. The molecule has 2 aromatic carbocycles. The largest absolute Gasteiger partial charge is 0.251 e. The summed E-state index contributed by atoms with van der Waals surface area (Å²) in [6.07, 6.45) is 1.92. The van der Waals surface area contributed by atoms with Gasteiger partial charge in [0.2, 0.25) is 0 Å². The van der Waals surface area contributed by atoms with Crippen LogP contribution in [-0.2, 0) is 12.8 Å². The summed E-state index contributed by atoms with van der Waals surface area (Å²) in [5, 5.41) is 0. The zero-order valence-electron chi connectivity index (χ0n) is 19.0. The fraction of sp³-hybridized carbons (Fsp3) is 0.296. The molecule has 0 aliphatic heterocycles. The van der Waals surface area contributed by atoms with Crippen LogP contribution in [0.2, 0.25) is 0 Å². The van der Waals surface area contributed by atoms with E-state index in [0.29, 0.717) is 0 Å². The minimum atomic E-state index is 0.882. The van der Waals surface area contributed by atoms with Crippen LogP contribution in [0.15, 0.2) is 64.6 Å². The van der Waals surface area contributed by atoms with Crippen LogP contribution in [0.4, 0.5) is 11.4 Å². The maximum Gasteiger partial charge on any atom is 0.0849 e. The van der Waals surface area contributed by atoms with Gasteiger partial charge in [-0.3, -0.25) is 9.98 Å². The molecular formula is C27H31N3. The lowest BCUT2D eigenvalue weighted by molar-refractivity contribution is 1.12. The van der Waals surface area contributed by atoms with Crippen LogP contribution in [-0.4, -0.2) is 16.4 Å². The van der Waals surface area contributed by atoms with Crippen molar-refractivity contribution < 1.29 is 0 Å². The Bertz CT molecular complexity index is 1020. The van der Waals surface area contributed by atoms with Crippen LogP contribution >= 0.6 is 0 Å². The SMILES string of the molecule is CCc1cccc(C)c1N=C(C)c1cccc(C(C)=Nc2c(C)cccc2CC)n1. The molecule has 0 bridgehead atoms. The Morgan fingerprint density at radius 1 is 0.667 bits per heavy atom. The second-order valence-corrected chi connectivity index (χ2v) is 7.67. The van der Waals surface area contributed by atoms with Crippen molar-refractivity contribution in [3.05, 3.63) is 88.2 Å². The first-order valence-corrected chi connectivity index (χ1v) is 10.7. The summed E-state index contributed by atoms with van der Waals surface area (Å²) >= 11 is 0. The molecule has 1 heterocycles. The highest BCUT2D eigenvalue weighted by atomic mass is 14.8. The zero-order chi connectivity index (χ0) is 21.7. The first-order chi connectivity index (χ1) is 14.4. The molecule has 0 unspecified atom stereocenters. The number of rotatable bonds is 6. The van der Waals surface area contributed by atoms with E-state index in [4.69, 9.17) is 15.0 Å². The minimum Gasteiger partial charge on any atom is -0.251 e. The number of nitrogens with zero attached hydrogens (tertiary/aromatic N) is 3. The first kappa shape index (κ1) is 21.6. The molecule has 3 aromatic rings. The maximum atomic E-state index is 4.94. The number of aryl methyl sites for hydroxylation is 4. The maximum absolute atomic E-state index is 4.94. The molecule has 0 saturated carbocycles. The normalized spacial score (nSPS) is 12.3. The minimum absolute atomic E-state index is 0.882. The third kappa shape index (κ3) is 4.73. The Kier molecular flexibility index (Phi) is 6.94. The van der Waals surface area contributed by atoms with Crippen LogP contribution in [0.3, 0.4) is 0 Å². The van der Waals surface area contributed by atoms with Crippen molar-refractivity contribution in [2.75, 3.05) is 0 Å².